The minimum absolute atomic E-state index is 0.252. The molecule has 0 saturated carbocycles. The van der Waals surface area contributed by atoms with E-state index < -0.39 is 0 Å². The molecule has 0 aliphatic heterocycles. The van der Waals surface area contributed by atoms with Crippen molar-refractivity contribution in [1.29, 1.82) is 0 Å². The van der Waals surface area contributed by atoms with Crippen molar-refractivity contribution >= 4 is 33.2 Å². The fourth-order valence-corrected chi connectivity index (χ4v) is 3.31. The van der Waals surface area contributed by atoms with Gasteiger partial charge in [-0.15, -0.1) is 11.3 Å². The van der Waals surface area contributed by atoms with E-state index >= 15 is 0 Å². The molecule has 0 fully saturated rings. The van der Waals surface area contributed by atoms with E-state index in [4.69, 9.17) is 20.9 Å². The fourth-order valence-electron chi connectivity index (χ4n) is 2.35. The van der Waals surface area contributed by atoms with Crippen molar-refractivity contribution < 1.29 is 9.26 Å². The Hall–Kier alpha value is -2.44. The van der Waals surface area contributed by atoms with Crippen LogP contribution in [0.2, 0.25) is 5.02 Å². The number of thiophene rings is 1. The summed E-state index contributed by atoms with van der Waals surface area (Å²) in [6, 6.07) is 11.3. The Kier molecular flexibility index (Phi) is 3.92. The van der Waals surface area contributed by atoms with Crippen molar-refractivity contribution in [2.75, 3.05) is 0 Å². The summed E-state index contributed by atoms with van der Waals surface area (Å²) in [7, 11) is 0. The topological polar surface area (TPSA) is 61.0 Å². The van der Waals surface area contributed by atoms with Crippen molar-refractivity contribution in [3.8, 4) is 17.1 Å². The highest BCUT2D eigenvalue weighted by Crippen LogP contribution is 2.29. The maximum atomic E-state index is 5.90. The van der Waals surface area contributed by atoms with E-state index in [1.807, 2.05) is 43.3 Å². The average Bonchev–Trinajstić information content (AvgIpc) is 3.19. The second kappa shape index (κ2) is 6.22. The second-order valence-electron chi connectivity index (χ2n) is 5.23. The van der Waals surface area contributed by atoms with Crippen LogP contribution in [-0.2, 0) is 6.61 Å². The zero-order chi connectivity index (χ0) is 16.5. The second-order valence-corrected chi connectivity index (χ2v) is 6.90. The van der Waals surface area contributed by atoms with E-state index in [1.54, 1.807) is 11.3 Å². The highest BCUT2D eigenvalue weighted by atomic mass is 35.5. The molecular formula is C17H12ClN3O2S. The van der Waals surface area contributed by atoms with Crippen LogP contribution in [0.25, 0.3) is 21.5 Å². The quantitative estimate of drug-likeness (QED) is 0.520. The summed E-state index contributed by atoms with van der Waals surface area (Å²) in [5.74, 6) is 1.17. The predicted octanol–water partition coefficient (Wildman–Crippen LogP) is 4.89. The molecule has 3 aromatic heterocycles. The van der Waals surface area contributed by atoms with E-state index in [-0.39, 0.29) is 6.61 Å². The summed E-state index contributed by atoms with van der Waals surface area (Å²) in [6.07, 6.45) is 1.51. The van der Waals surface area contributed by atoms with E-state index in [9.17, 15) is 0 Å². The summed E-state index contributed by atoms with van der Waals surface area (Å²) < 4.78 is 11.1. The maximum Gasteiger partial charge on any atom is 0.225 e. The highest BCUT2D eigenvalue weighted by molar-refractivity contribution is 7.18. The van der Waals surface area contributed by atoms with Gasteiger partial charge in [0.15, 0.2) is 12.4 Å². The lowest BCUT2D eigenvalue weighted by molar-refractivity contribution is 0.244. The van der Waals surface area contributed by atoms with E-state index in [0.717, 1.165) is 21.5 Å². The number of rotatable bonds is 4. The molecule has 24 heavy (non-hydrogen) atoms. The molecule has 0 atom stereocenters. The summed E-state index contributed by atoms with van der Waals surface area (Å²) in [4.78, 5) is 10.5. The Labute approximate surface area is 146 Å². The first-order chi connectivity index (χ1) is 11.7. The first kappa shape index (κ1) is 15.1. The van der Waals surface area contributed by atoms with Gasteiger partial charge in [0.05, 0.1) is 5.39 Å². The molecule has 120 valence electrons. The summed E-state index contributed by atoms with van der Waals surface area (Å²) in [5.41, 5.74) is 1.68. The number of aromatic nitrogens is 3. The molecule has 0 aliphatic carbocycles. The van der Waals surface area contributed by atoms with Crippen LogP contribution in [0, 0.1) is 6.92 Å². The van der Waals surface area contributed by atoms with E-state index in [0.29, 0.717) is 16.7 Å². The lowest BCUT2D eigenvalue weighted by Gasteiger charge is -2.02. The lowest BCUT2D eigenvalue weighted by Crippen LogP contribution is -1.96. The summed E-state index contributed by atoms with van der Waals surface area (Å²) >= 11 is 7.51. The van der Waals surface area contributed by atoms with Crippen LogP contribution in [0.5, 0.6) is 5.88 Å². The zero-order valence-corrected chi connectivity index (χ0v) is 14.3. The van der Waals surface area contributed by atoms with Crippen LogP contribution in [-0.4, -0.2) is 15.1 Å². The molecule has 0 N–H and O–H groups in total. The molecule has 0 unspecified atom stereocenters. The SMILES string of the molecule is Cc1cc2c(OCc3cc(-c4ccc(Cl)cc4)no3)ncnc2s1. The van der Waals surface area contributed by atoms with Gasteiger partial charge < -0.3 is 9.26 Å². The third-order valence-corrected chi connectivity index (χ3v) is 4.68. The van der Waals surface area contributed by atoms with Crippen molar-refractivity contribution in [2.45, 2.75) is 13.5 Å². The molecule has 4 aromatic rings. The number of halogens is 1. The molecule has 5 nitrogen and oxygen atoms in total. The molecular weight excluding hydrogens is 346 g/mol. The van der Waals surface area contributed by atoms with E-state index in [1.165, 1.54) is 11.2 Å². The number of aryl methyl sites for hydroxylation is 1. The van der Waals surface area contributed by atoms with Gasteiger partial charge in [0.2, 0.25) is 5.88 Å². The van der Waals surface area contributed by atoms with Crippen molar-refractivity contribution in [1.82, 2.24) is 15.1 Å². The largest absolute Gasteiger partial charge is 0.469 e. The lowest BCUT2D eigenvalue weighted by atomic mass is 10.1. The molecule has 3 heterocycles. The molecule has 0 spiro atoms. The molecule has 0 aliphatic rings. The van der Waals surface area contributed by atoms with Gasteiger partial charge >= 0.3 is 0 Å². The summed E-state index contributed by atoms with van der Waals surface area (Å²) in [6.45, 7) is 2.28. The molecule has 1 aromatic carbocycles. The maximum absolute atomic E-state index is 5.90. The number of hydrogen-bond acceptors (Lipinski definition) is 6. The van der Waals surface area contributed by atoms with Crippen LogP contribution in [0.15, 0.2) is 47.2 Å². The number of hydrogen-bond donors (Lipinski definition) is 0. The standard InChI is InChI=1S/C17H12ClN3O2S/c1-10-6-14-16(19-9-20-17(14)24-10)22-8-13-7-15(21-23-13)11-2-4-12(18)5-3-11/h2-7,9H,8H2,1H3. The normalized spacial score (nSPS) is 11.1. The Bertz CT molecular complexity index is 995. The first-order valence-electron chi connectivity index (χ1n) is 7.24. The first-order valence-corrected chi connectivity index (χ1v) is 8.44. The zero-order valence-electron chi connectivity index (χ0n) is 12.7. The number of nitrogens with zero attached hydrogens (tertiary/aromatic N) is 3. The monoisotopic (exact) mass is 357 g/mol. The average molecular weight is 358 g/mol. The molecule has 0 bridgehead atoms. The van der Waals surface area contributed by atoms with Gasteiger partial charge in [-0.3, -0.25) is 0 Å². The Morgan fingerprint density at radius 1 is 1.17 bits per heavy atom. The molecule has 0 amide bonds. The smallest absolute Gasteiger partial charge is 0.225 e. The fraction of sp³-hybridized carbons (Fsp3) is 0.118. The van der Waals surface area contributed by atoms with Crippen molar-refractivity contribution in [2.24, 2.45) is 0 Å². The van der Waals surface area contributed by atoms with Gasteiger partial charge in [-0.25, -0.2) is 9.97 Å². The number of ether oxygens (including phenoxy) is 1. The Morgan fingerprint density at radius 3 is 2.83 bits per heavy atom. The molecule has 4 rings (SSSR count). The Morgan fingerprint density at radius 2 is 2.00 bits per heavy atom. The van der Waals surface area contributed by atoms with Crippen LogP contribution in [0.1, 0.15) is 10.6 Å². The van der Waals surface area contributed by atoms with E-state index in [2.05, 4.69) is 15.1 Å². The van der Waals surface area contributed by atoms with Crippen LogP contribution < -0.4 is 4.74 Å². The minimum atomic E-state index is 0.252. The molecule has 0 radical (unpaired) electrons. The van der Waals surface area contributed by atoms with Crippen molar-refractivity contribution in [3.63, 3.8) is 0 Å². The van der Waals surface area contributed by atoms with Gasteiger partial charge in [0, 0.05) is 21.5 Å². The van der Waals surface area contributed by atoms with Gasteiger partial charge in [0.1, 0.15) is 16.9 Å². The number of benzene rings is 1. The molecule has 7 heteroatoms. The van der Waals surface area contributed by atoms with Gasteiger partial charge in [0.25, 0.3) is 0 Å². The van der Waals surface area contributed by atoms with Crippen LogP contribution in [0.4, 0.5) is 0 Å². The third kappa shape index (κ3) is 2.98. The van der Waals surface area contributed by atoms with Crippen LogP contribution >= 0.6 is 22.9 Å². The summed E-state index contributed by atoms with van der Waals surface area (Å²) in [5, 5.41) is 5.67. The predicted molar refractivity (Wildman–Crippen MR) is 93.4 cm³/mol. The highest BCUT2D eigenvalue weighted by Gasteiger charge is 2.11. The van der Waals surface area contributed by atoms with Gasteiger partial charge in [-0.1, -0.05) is 28.9 Å². The van der Waals surface area contributed by atoms with Gasteiger partial charge in [-0.2, -0.15) is 0 Å². The van der Waals surface area contributed by atoms with Gasteiger partial charge in [-0.05, 0) is 25.1 Å². The van der Waals surface area contributed by atoms with Crippen LogP contribution in [0.3, 0.4) is 0 Å². The van der Waals surface area contributed by atoms with Crippen molar-refractivity contribution in [3.05, 3.63) is 58.4 Å². The Balaban J connectivity index is 1.53. The molecule has 0 saturated heterocycles. The minimum Gasteiger partial charge on any atom is -0.469 e. The third-order valence-electron chi connectivity index (χ3n) is 3.47. The number of fused-ring (bicyclic) bond motifs is 1.